The lowest BCUT2D eigenvalue weighted by Gasteiger charge is -2.18. The molecule has 0 saturated carbocycles. The van der Waals surface area contributed by atoms with Gasteiger partial charge in [0.15, 0.2) is 0 Å². The Kier molecular flexibility index (Phi) is 3.21. The van der Waals surface area contributed by atoms with Crippen LogP contribution < -0.4 is 0 Å². The Hall–Kier alpha value is 0.460. The van der Waals surface area contributed by atoms with Crippen LogP contribution in [-0.4, -0.2) is 48.4 Å². The molecule has 88 valence electrons. The molecule has 0 aliphatic carbocycles. The van der Waals surface area contributed by atoms with Gasteiger partial charge in [-0.1, -0.05) is 0 Å². The summed E-state index contributed by atoms with van der Waals surface area (Å²) in [6.45, 7) is 6.25. The summed E-state index contributed by atoms with van der Waals surface area (Å²) in [7, 11) is 0. The number of ether oxygens (including phenoxy) is 3. The number of alkyl halides is 2. The van der Waals surface area contributed by atoms with Crippen LogP contribution in [0.15, 0.2) is 0 Å². The first-order valence-corrected chi connectivity index (χ1v) is 6.02. The van der Waals surface area contributed by atoms with Crippen LogP contribution in [0.4, 0.5) is 0 Å². The summed E-state index contributed by atoms with van der Waals surface area (Å²) < 4.78 is 16.2. The monoisotopic (exact) mass is 254 g/mol. The Bertz CT molecular complexity index is 211. The number of hydrogen-bond donors (Lipinski definition) is 0. The molecular weight excluding hydrogens is 239 g/mol. The van der Waals surface area contributed by atoms with Gasteiger partial charge in [0, 0.05) is 0 Å². The molecule has 15 heavy (non-hydrogen) atoms. The lowest BCUT2D eigenvalue weighted by atomic mass is 10.1. The van der Waals surface area contributed by atoms with E-state index in [0.717, 1.165) is 0 Å². The summed E-state index contributed by atoms with van der Waals surface area (Å²) in [5.41, 5.74) is -0.541. The SMILES string of the molecule is CC(Cl)C1(COCC2(C(C)Cl)CO2)CO1. The quantitative estimate of drug-likeness (QED) is 0.536. The summed E-state index contributed by atoms with van der Waals surface area (Å²) in [6, 6.07) is 0. The molecule has 5 heteroatoms. The molecule has 2 aliphatic heterocycles. The minimum absolute atomic E-state index is 0.0259. The molecule has 0 aromatic heterocycles. The Morgan fingerprint density at radius 1 is 1.07 bits per heavy atom. The number of rotatable bonds is 6. The third-order valence-corrected chi connectivity index (χ3v) is 3.97. The summed E-state index contributed by atoms with van der Waals surface area (Å²) in [5.74, 6) is 0. The smallest absolute Gasteiger partial charge is 0.131 e. The summed E-state index contributed by atoms with van der Waals surface area (Å²) in [6.07, 6.45) is 0. The third kappa shape index (κ3) is 2.42. The van der Waals surface area contributed by atoms with Crippen LogP contribution in [0.1, 0.15) is 13.8 Å². The molecule has 4 atom stereocenters. The van der Waals surface area contributed by atoms with E-state index in [4.69, 9.17) is 37.4 Å². The minimum atomic E-state index is -0.271. The molecule has 0 spiro atoms. The second-order valence-corrected chi connectivity index (χ2v) is 5.74. The first-order valence-electron chi connectivity index (χ1n) is 5.15. The van der Waals surface area contributed by atoms with Crippen LogP contribution in [0.25, 0.3) is 0 Å². The van der Waals surface area contributed by atoms with E-state index in [1.807, 2.05) is 13.8 Å². The van der Waals surface area contributed by atoms with Crippen LogP contribution in [0.5, 0.6) is 0 Å². The minimum Gasteiger partial charge on any atom is -0.375 e. The van der Waals surface area contributed by atoms with Gasteiger partial charge in [-0.25, -0.2) is 0 Å². The van der Waals surface area contributed by atoms with Gasteiger partial charge in [0.1, 0.15) is 11.2 Å². The molecule has 0 bridgehead atoms. The average molecular weight is 255 g/mol. The van der Waals surface area contributed by atoms with E-state index in [2.05, 4.69) is 0 Å². The van der Waals surface area contributed by atoms with Crippen molar-refractivity contribution >= 4 is 23.2 Å². The highest BCUT2D eigenvalue weighted by molar-refractivity contribution is 6.21. The molecule has 2 aliphatic rings. The average Bonchev–Trinajstić information content (AvgIpc) is 2.96. The van der Waals surface area contributed by atoms with Gasteiger partial charge in [-0.3, -0.25) is 0 Å². The molecule has 2 saturated heterocycles. The molecular formula is C10H16Cl2O3. The second-order valence-electron chi connectivity index (χ2n) is 4.43. The maximum Gasteiger partial charge on any atom is 0.131 e. The Morgan fingerprint density at radius 3 is 1.60 bits per heavy atom. The number of halogens is 2. The molecule has 4 unspecified atom stereocenters. The predicted molar refractivity (Wildman–Crippen MR) is 58.8 cm³/mol. The van der Waals surface area contributed by atoms with Gasteiger partial charge in [0.05, 0.1) is 37.2 Å². The van der Waals surface area contributed by atoms with Crippen molar-refractivity contribution < 1.29 is 14.2 Å². The molecule has 0 radical (unpaired) electrons. The van der Waals surface area contributed by atoms with Crippen molar-refractivity contribution in [3.8, 4) is 0 Å². The Labute approximate surface area is 100.0 Å². The first-order chi connectivity index (χ1) is 7.01. The Balaban J connectivity index is 1.72. The first kappa shape index (κ1) is 11.9. The van der Waals surface area contributed by atoms with Gasteiger partial charge in [0.2, 0.25) is 0 Å². The molecule has 2 rings (SSSR count). The van der Waals surface area contributed by atoms with Gasteiger partial charge in [-0.15, -0.1) is 23.2 Å². The highest BCUT2D eigenvalue weighted by Gasteiger charge is 2.52. The van der Waals surface area contributed by atoms with E-state index < -0.39 is 0 Å². The molecule has 0 N–H and O–H groups in total. The highest BCUT2D eigenvalue weighted by Crippen LogP contribution is 2.37. The molecule has 2 fully saturated rings. The van der Waals surface area contributed by atoms with Crippen molar-refractivity contribution in [2.45, 2.75) is 35.8 Å². The van der Waals surface area contributed by atoms with Crippen LogP contribution in [-0.2, 0) is 14.2 Å². The summed E-state index contributed by atoms with van der Waals surface area (Å²) in [5, 5.41) is -0.0519. The van der Waals surface area contributed by atoms with Gasteiger partial charge < -0.3 is 14.2 Å². The third-order valence-electron chi connectivity index (χ3n) is 3.17. The van der Waals surface area contributed by atoms with Crippen molar-refractivity contribution in [3.63, 3.8) is 0 Å². The molecule has 2 heterocycles. The maximum atomic E-state index is 6.00. The fraction of sp³-hybridized carbons (Fsp3) is 1.00. The van der Waals surface area contributed by atoms with E-state index in [1.54, 1.807) is 0 Å². The Morgan fingerprint density at radius 2 is 1.40 bits per heavy atom. The summed E-state index contributed by atoms with van der Waals surface area (Å²) in [4.78, 5) is 0. The highest BCUT2D eigenvalue weighted by atomic mass is 35.5. The molecule has 0 aromatic rings. The standard InChI is InChI=1S/C10H16Cl2O3/c1-7(11)9(5-14-9)3-13-4-10(6-15-10)8(2)12/h7-8H,3-6H2,1-2H3. The van der Waals surface area contributed by atoms with Crippen molar-refractivity contribution in [3.05, 3.63) is 0 Å². The largest absolute Gasteiger partial charge is 0.375 e. The van der Waals surface area contributed by atoms with Crippen LogP contribution in [0.2, 0.25) is 0 Å². The maximum absolute atomic E-state index is 6.00. The van der Waals surface area contributed by atoms with E-state index in [-0.39, 0.29) is 22.0 Å². The number of hydrogen-bond acceptors (Lipinski definition) is 3. The fourth-order valence-corrected chi connectivity index (χ4v) is 1.82. The molecule has 3 nitrogen and oxygen atoms in total. The second kappa shape index (κ2) is 4.04. The lowest BCUT2D eigenvalue weighted by molar-refractivity contribution is 0.0420. The van der Waals surface area contributed by atoms with Crippen molar-refractivity contribution in [1.82, 2.24) is 0 Å². The van der Waals surface area contributed by atoms with Gasteiger partial charge in [0.25, 0.3) is 0 Å². The van der Waals surface area contributed by atoms with Gasteiger partial charge >= 0.3 is 0 Å². The van der Waals surface area contributed by atoms with E-state index in [0.29, 0.717) is 26.4 Å². The van der Waals surface area contributed by atoms with Crippen LogP contribution in [0, 0.1) is 0 Å². The van der Waals surface area contributed by atoms with Crippen LogP contribution in [0.3, 0.4) is 0 Å². The number of epoxide rings is 2. The lowest BCUT2D eigenvalue weighted by Crippen LogP contribution is -2.34. The molecule has 0 amide bonds. The predicted octanol–water partition coefficient (Wildman–Crippen LogP) is 1.80. The van der Waals surface area contributed by atoms with E-state index >= 15 is 0 Å². The van der Waals surface area contributed by atoms with Crippen molar-refractivity contribution in [2.75, 3.05) is 26.4 Å². The zero-order valence-electron chi connectivity index (χ0n) is 8.96. The topological polar surface area (TPSA) is 34.3 Å². The fourth-order valence-electron chi connectivity index (χ4n) is 1.44. The normalized spacial score (nSPS) is 42.4. The van der Waals surface area contributed by atoms with Crippen molar-refractivity contribution in [1.29, 1.82) is 0 Å². The van der Waals surface area contributed by atoms with Crippen LogP contribution >= 0.6 is 23.2 Å². The van der Waals surface area contributed by atoms with Gasteiger partial charge in [-0.2, -0.15) is 0 Å². The zero-order valence-corrected chi connectivity index (χ0v) is 10.5. The van der Waals surface area contributed by atoms with Gasteiger partial charge in [-0.05, 0) is 13.8 Å². The zero-order chi connectivity index (χ0) is 11.1. The van der Waals surface area contributed by atoms with Crippen molar-refractivity contribution in [2.24, 2.45) is 0 Å². The van der Waals surface area contributed by atoms with E-state index in [1.165, 1.54) is 0 Å². The molecule has 0 aromatic carbocycles. The summed E-state index contributed by atoms with van der Waals surface area (Å²) >= 11 is 12.0. The van der Waals surface area contributed by atoms with E-state index in [9.17, 15) is 0 Å².